The minimum Gasteiger partial charge on any atom is -0.505 e. The molecule has 0 aliphatic carbocycles. The van der Waals surface area contributed by atoms with E-state index in [9.17, 15) is 14.3 Å². The van der Waals surface area contributed by atoms with Crippen molar-refractivity contribution in [1.29, 1.82) is 0 Å². The number of aromatic nitrogens is 2. The van der Waals surface area contributed by atoms with E-state index >= 15 is 0 Å². The third kappa shape index (κ3) is 4.72. The molecule has 0 radical (unpaired) electrons. The summed E-state index contributed by atoms with van der Waals surface area (Å²) in [6.07, 6.45) is 3.68. The van der Waals surface area contributed by atoms with E-state index in [-0.39, 0.29) is 23.7 Å². The molecule has 1 amide bonds. The summed E-state index contributed by atoms with van der Waals surface area (Å²) in [4.78, 5) is 31.2. The van der Waals surface area contributed by atoms with Crippen LogP contribution in [-0.4, -0.2) is 28.1 Å². The third-order valence-corrected chi connectivity index (χ3v) is 4.89. The highest BCUT2D eigenvalue weighted by molar-refractivity contribution is 6.13. The van der Waals surface area contributed by atoms with Crippen molar-refractivity contribution < 1.29 is 24.1 Å². The summed E-state index contributed by atoms with van der Waals surface area (Å²) in [5.74, 6) is -0.425. The number of carbonyl (C=O) groups excluding carboxylic acids is 1. The number of fused-ring (bicyclic) bond motifs is 1. The van der Waals surface area contributed by atoms with E-state index in [1.165, 1.54) is 25.3 Å². The molecule has 0 spiro atoms. The van der Waals surface area contributed by atoms with Gasteiger partial charge in [0, 0.05) is 28.9 Å². The summed E-state index contributed by atoms with van der Waals surface area (Å²) in [6.45, 7) is -0.0683. The Hall–Kier alpha value is -3.88. The molecule has 0 aliphatic rings. The Kier molecular flexibility index (Phi) is 6.34. The number of nitrogens with one attached hydrogen (secondary N) is 1. The van der Waals surface area contributed by atoms with Gasteiger partial charge in [-0.25, -0.2) is 19.1 Å². The van der Waals surface area contributed by atoms with E-state index < -0.39 is 5.91 Å². The lowest BCUT2D eigenvalue weighted by molar-refractivity contribution is -0.282. The lowest BCUT2D eigenvalue weighted by Gasteiger charge is -2.13. The second-order valence-corrected chi connectivity index (χ2v) is 7.07. The molecule has 2 heterocycles. The van der Waals surface area contributed by atoms with Gasteiger partial charge in [-0.05, 0) is 53.9 Å². The molecule has 0 unspecified atom stereocenters. The van der Waals surface area contributed by atoms with Crippen LogP contribution in [0.25, 0.3) is 10.9 Å². The summed E-state index contributed by atoms with van der Waals surface area (Å²) in [7, 11) is 1.35. The smallest absolute Gasteiger partial charge is 0.257 e. The molecule has 2 aromatic carbocycles. The van der Waals surface area contributed by atoms with E-state index in [1.807, 2.05) is 0 Å². The summed E-state index contributed by atoms with van der Waals surface area (Å²) in [5.41, 5.74) is 2.60. The monoisotopic (exact) mass is 433 g/mol. The zero-order valence-corrected chi connectivity index (χ0v) is 17.2. The largest absolute Gasteiger partial charge is 0.505 e. The Morgan fingerprint density at radius 1 is 1.09 bits per heavy atom. The Balaban J connectivity index is 1.77. The molecule has 4 aromatic rings. The quantitative estimate of drug-likeness (QED) is 0.332. The molecule has 0 atom stereocenters. The van der Waals surface area contributed by atoms with Crippen LogP contribution in [0.15, 0.2) is 67.0 Å². The van der Waals surface area contributed by atoms with Crippen molar-refractivity contribution in [3.05, 3.63) is 95.1 Å². The maximum atomic E-state index is 13.2. The van der Waals surface area contributed by atoms with Crippen molar-refractivity contribution in [3.8, 4) is 5.75 Å². The number of halogens is 1. The van der Waals surface area contributed by atoms with Gasteiger partial charge in [-0.1, -0.05) is 18.2 Å². The SMILES string of the molecule is COOCc1cc(C(=O)Nc2ccccn2)c2cc(Cc3ccc(F)cc3)cnc2c1O. The number of pyridine rings is 2. The van der Waals surface area contributed by atoms with Crippen molar-refractivity contribution in [3.63, 3.8) is 0 Å². The number of rotatable bonds is 7. The fourth-order valence-electron chi connectivity index (χ4n) is 3.35. The van der Waals surface area contributed by atoms with Crippen molar-refractivity contribution in [2.45, 2.75) is 13.0 Å². The van der Waals surface area contributed by atoms with Gasteiger partial charge in [-0.15, -0.1) is 0 Å². The number of aromatic hydroxyl groups is 1. The van der Waals surface area contributed by atoms with Crippen LogP contribution in [0.2, 0.25) is 0 Å². The number of benzene rings is 2. The second-order valence-electron chi connectivity index (χ2n) is 7.07. The average molecular weight is 433 g/mol. The van der Waals surface area contributed by atoms with Crippen molar-refractivity contribution in [1.82, 2.24) is 9.97 Å². The van der Waals surface area contributed by atoms with Gasteiger partial charge in [0.05, 0.1) is 7.11 Å². The number of phenols is 1. The van der Waals surface area contributed by atoms with Gasteiger partial charge < -0.3 is 10.4 Å². The fraction of sp³-hybridized carbons (Fsp3) is 0.125. The number of anilines is 1. The fourth-order valence-corrected chi connectivity index (χ4v) is 3.35. The first kappa shape index (κ1) is 21.4. The Labute approximate surface area is 183 Å². The Morgan fingerprint density at radius 2 is 1.91 bits per heavy atom. The molecule has 162 valence electrons. The highest BCUT2D eigenvalue weighted by Gasteiger charge is 2.19. The summed E-state index contributed by atoms with van der Waals surface area (Å²) < 4.78 is 13.2. The molecule has 0 bridgehead atoms. The highest BCUT2D eigenvalue weighted by Crippen LogP contribution is 2.32. The number of hydrogen-bond acceptors (Lipinski definition) is 6. The van der Waals surface area contributed by atoms with Crippen molar-refractivity contribution in [2.24, 2.45) is 0 Å². The van der Waals surface area contributed by atoms with E-state index in [1.54, 1.807) is 48.8 Å². The zero-order chi connectivity index (χ0) is 22.5. The molecule has 8 heteroatoms. The number of nitrogens with zero attached hydrogens (tertiary/aromatic N) is 2. The molecule has 2 aromatic heterocycles. The van der Waals surface area contributed by atoms with Crippen LogP contribution in [0.4, 0.5) is 10.2 Å². The van der Waals surface area contributed by atoms with Gasteiger partial charge in [0.1, 0.15) is 29.5 Å². The van der Waals surface area contributed by atoms with E-state index in [4.69, 9.17) is 4.89 Å². The molecule has 0 aliphatic heterocycles. The lowest BCUT2D eigenvalue weighted by atomic mass is 9.99. The van der Waals surface area contributed by atoms with Crippen LogP contribution in [-0.2, 0) is 22.8 Å². The number of amides is 1. The maximum absolute atomic E-state index is 13.2. The van der Waals surface area contributed by atoms with E-state index in [0.717, 1.165) is 11.1 Å². The average Bonchev–Trinajstić information content (AvgIpc) is 2.81. The predicted octanol–water partition coefficient (Wildman–Crippen LogP) is 4.40. The molecule has 7 nitrogen and oxygen atoms in total. The first-order valence-corrected chi connectivity index (χ1v) is 9.81. The molecule has 0 saturated carbocycles. The van der Waals surface area contributed by atoms with Gasteiger partial charge in [0.15, 0.2) is 0 Å². The molecule has 32 heavy (non-hydrogen) atoms. The first-order chi connectivity index (χ1) is 15.5. The summed E-state index contributed by atoms with van der Waals surface area (Å²) in [5, 5.41) is 13.9. The molecule has 2 N–H and O–H groups in total. The van der Waals surface area contributed by atoms with Crippen LogP contribution in [0, 0.1) is 5.82 Å². The zero-order valence-electron chi connectivity index (χ0n) is 17.2. The minimum absolute atomic E-state index is 0.0683. The highest BCUT2D eigenvalue weighted by atomic mass is 19.1. The Morgan fingerprint density at radius 3 is 2.62 bits per heavy atom. The molecule has 0 fully saturated rings. The van der Waals surface area contributed by atoms with Gasteiger partial charge >= 0.3 is 0 Å². The van der Waals surface area contributed by atoms with Gasteiger partial charge in [-0.3, -0.25) is 9.78 Å². The first-order valence-electron chi connectivity index (χ1n) is 9.81. The Bertz CT molecular complexity index is 1250. The second kappa shape index (κ2) is 9.51. The number of carbonyl (C=O) groups is 1. The van der Waals surface area contributed by atoms with Crippen LogP contribution >= 0.6 is 0 Å². The van der Waals surface area contributed by atoms with Crippen LogP contribution in [0.3, 0.4) is 0 Å². The normalized spacial score (nSPS) is 10.9. The van der Waals surface area contributed by atoms with Crippen molar-refractivity contribution in [2.75, 3.05) is 12.4 Å². The molecule has 4 rings (SSSR count). The van der Waals surface area contributed by atoms with Crippen LogP contribution < -0.4 is 5.32 Å². The molecular weight excluding hydrogens is 413 g/mol. The molecule has 0 saturated heterocycles. The predicted molar refractivity (Wildman–Crippen MR) is 117 cm³/mol. The summed E-state index contributed by atoms with van der Waals surface area (Å²) in [6, 6.07) is 14.7. The van der Waals surface area contributed by atoms with E-state index in [0.29, 0.717) is 28.8 Å². The van der Waals surface area contributed by atoms with E-state index in [2.05, 4.69) is 20.2 Å². The number of hydrogen-bond donors (Lipinski definition) is 2. The van der Waals surface area contributed by atoms with Gasteiger partial charge in [0.25, 0.3) is 5.91 Å². The third-order valence-electron chi connectivity index (χ3n) is 4.89. The summed E-state index contributed by atoms with van der Waals surface area (Å²) >= 11 is 0. The lowest BCUT2D eigenvalue weighted by Crippen LogP contribution is -2.14. The standard InChI is InChI=1S/C24H20FN3O4/c1-31-32-14-17-12-20(24(30)28-21-4-2-3-9-26-21)19-11-16(13-27-22(19)23(17)29)10-15-5-7-18(25)8-6-15/h2-9,11-13,29H,10,14H2,1H3,(H,26,28,30). The number of phenolic OH excluding ortho intramolecular Hbond substituents is 1. The van der Waals surface area contributed by atoms with Crippen LogP contribution in [0.5, 0.6) is 5.75 Å². The maximum Gasteiger partial charge on any atom is 0.257 e. The topological polar surface area (TPSA) is 93.6 Å². The van der Waals surface area contributed by atoms with Gasteiger partial charge in [0.2, 0.25) is 0 Å². The van der Waals surface area contributed by atoms with Crippen molar-refractivity contribution >= 4 is 22.6 Å². The molecular formula is C24H20FN3O4. The van der Waals surface area contributed by atoms with Crippen LogP contribution in [0.1, 0.15) is 27.0 Å². The van der Waals surface area contributed by atoms with Gasteiger partial charge in [-0.2, -0.15) is 0 Å². The minimum atomic E-state index is -0.409.